The van der Waals surface area contributed by atoms with Crippen LogP contribution in [0.5, 0.6) is 0 Å². The van der Waals surface area contributed by atoms with Crippen molar-refractivity contribution in [3.63, 3.8) is 0 Å². The average Bonchev–Trinajstić information content (AvgIpc) is 3.22. The zero-order valence-corrected chi connectivity index (χ0v) is 17.6. The van der Waals surface area contributed by atoms with Gasteiger partial charge >= 0.3 is 0 Å². The minimum Gasteiger partial charge on any atom is -0.335 e. The average molecular weight is 405 g/mol. The van der Waals surface area contributed by atoms with E-state index in [1.807, 2.05) is 23.1 Å². The monoisotopic (exact) mass is 404 g/mol. The molecule has 1 aromatic carbocycles. The molecule has 1 fully saturated rings. The van der Waals surface area contributed by atoms with Crippen molar-refractivity contribution >= 4 is 28.8 Å². The minimum atomic E-state index is 0.0461. The molecule has 2 heterocycles. The number of piperazine rings is 1. The van der Waals surface area contributed by atoms with Crippen molar-refractivity contribution in [1.29, 1.82) is 0 Å². The largest absolute Gasteiger partial charge is 0.335 e. The first kappa shape index (κ1) is 20.4. The van der Waals surface area contributed by atoms with E-state index in [4.69, 9.17) is 11.6 Å². The van der Waals surface area contributed by atoms with Gasteiger partial charge in [0.2, 0.25) is 0 Å². The molecular weight excluding hydrogens is 376 g/mol. The number of carbonyl (C=O) groups is 1. The fraction of sp³-hybridized carbons (Fsp3) is 0.500. The summed E-state index contributed by atoms with van der Waals surface area (Å²) in [6.07, 6.45) is 6.46. The van der Waals surface area contributed by atoms with Crippen LogP contribution in [-0.4, -0.2) is 41.9 Å². The van der Waals surface area contributed by atoms with Crippen molar-refractivity contribution < 1.29 is 4.79 Å². The maximum absolute atomic E-state index is 13.0. The van der Waals surface area contributed by atoms with E-state index in [9.17, 15) is 4.79 Å². The van der Waals surface area contributed by atoms with Gasteiger partial charge in [-0.05, 0) is 36.5 Å². The number of nitrogens with zero attached hydrogens (tertiary/aromatic N) is 2. The Morgan fingerprint density at radius 2 is 1.93 bits per heavy atom. The summed E-state index contributed by atoms with van der Waals surface area (Å²) in [5, 5.41) is 2.66. The second kappa shape index (κ2) is 10.3. The summed E-state index contributed by atoms with van der Waals surface area (Å²) in [5.74, 6) is 0.0461. The predicted molar refractivity (Wildman–Crippen MR) is 115 cm³/mol. The number of unbranched alkanes of at least 4 members (excludes halogenated alkanes) is 4. The van der Waals surface area contributed by atoms with Gasteiger partial charge in [0.05, 0.1) is 16.6 Å². The lowest BCUT2D eigenvalue weighted by molar-refractivity contribution is 0.0481. The molecule has 5 heteroatoms. The highest BCUT2D eigenvalue weighted by Gasteiger charge is 2.31. The second-order valence-corrected chi connectivity index (χ2v) is 8.60. The van der Waals surface area contributed by atoms with Crippen LogP contribution in [0.4, 0.5) is 0 Å². The van der Waals surface area contributed by atoms with Crippen molar-refractivity contribution in [2.45, 2.75) is 45.1 Å². The molecule has 3 rings (SSSR count). The van der Waals surface area contributed by atoms with E-state index in [-0.39, 0.29) is 11.9 Å². The smallest absolute Gasteiger partial charge is 0.255 e. The van der Waals surface area contributed by atoms with Crippen molar-refractivity contribution in [3.05, 3.63) is 57.2 Å². The summed E-state index contributed by atoms with van der Waals surface area (Å²) >= 11 is 8.04. The van der Waals surface area contributed by atoms with E-state index >= 15 is 0 Å². The van der Waals surface area contributed by atoms with Crippen molar-refractivity contribution in [2.75, 3.05) is 26.2 Å². The molecule has 0 spiro atoms. The summed E-state index contributed by atoms with van der Waals surface area (Å²) in [6, 6.07) is 11.9. The quantitative estimate of drug-likeness (QED) is 0.513. The molecule has 1 aliphatic heterocycles. The first-order chi connectivity index (χ1) is 13.2. The molecule has 1 saturated heterocycles. The normalized spacial score (nSPS) is 18.0. The molecule has 1 amide bonds. The van der Waals surface area contributed by atoms with Crippen LogP contribution in [0.2, 0.25) is 5.02 Å². The van der Waals surface area contributed by atoms with E-state index in [1.54, 1.807) is 17.4 Å². The second-order valence-electron chi connectivity index (χ2n) is 7.21. The first-order valence-electron chi connectivity index (χ1n) is 10.0. The number of halogens is 1. The van der Waals surface area contributed by atoms with Crippen LogP contribution < -0.4 is 0 Å². The van der Waals surface area contributed by atoms with Crippen LogP contribution in [0.3, 0.4) is 0 Å². The first-order valence-corrected chi connectivity index (χ1v) is 11.3. The van der Waals surface area contributed by atoms with Gasteiger partial charge in [0.15, 0.2) is 0 Å². The summed E-state index contributed by atoms with van der Waals surface area (Å²) in [6.45, 7) is 5.79. The van der Waals surface area contributed by atoms with Gasteiger partial charge < -0.3 is 4.90 Å². The molecule has 3 nitrogen and oxygen atoms in total. The Kier molecular flexibility index (Phi) is 7.74. The van der Waals surface area contributed by atoms with Crippen LogP contribution in [0.25, 0.3) is 0 Å². The van der Waals surface area contributed by atoms with E-state index in [1.165, 1.54) is 37.0 Å². The fourth-order valence-electron chi connectivity index (χ4n) is 3.75. The Bertz CT molecular complexity index is 719. The Morgan fingerprint density at radius 3 is 2.67 bits per heavy atom. The maximum atomic E-state index is 13.0. The summed E-state index contributed by atoms with van der Waals surface area (Å²) in [4.78, 5) is 18.9. The van der Waals surface area contributed by atoms with E-state index < -0.39 is 0 Å². The molecule has 27 heavy (non-hydrogen) atoms. The van der Waals surface area contributed by atoms with Gasteiger partial charge in [-0.3, -0.25) is 9.69 Å². The molecule has 0 aliphatic carbocycles. The standard InChI is InChI=1S/C22H29ClN2OS/c1-2-3-4-5-8-13-24-14-15-25(17-20(24)21-12-9-16-27-21)22(26)18-10-6-7-11-19(18)23/h6-7,9-12,16,20H,2-5,8,13-15,17H2,1H3. The van der Waals surface area contributed by atoms with E-state index in [0.29, 0.717) is 10.6 Å². The third kappa shape index (κ3) is 5.34. The predicted octanol–water partition coefficient (Wildman–Crippen LogP) is 5.87. The molecule has 0 N–H and O–H groups in total. The number of amides is 1. The maximum Gasteiger partial charge on any atom is 0.255 e. The lowest BCUT2D eigenvalue weighted by atomic mass is 10.1. The van der Waals surface area contributed by atoms with E-state index in [0.717, 1.165) is 26.2 Å². The Balaban J connectivity index is 1.66. The lowest BCUT2D eigenvalue weighted by Crippen LogP contribution is -2.50. The molecule has 146 valence electrons. The van der Waals surface area contributed by atoms with Crippen LogP contribution in [0.1, 0.15) is 60.3 Å². The number of carbonyl (C=O) groups excluding carboxylic acids is 1. The van der Waals surface area contributed by atoms with E-state index in [2.05, 4.69) is 29.3 Å². The highest BCUT2D eigenvalue weighted by molar-refractivity contribution is 7.10. The Morgan fingerprint density at radius 1 is 1.11 bits per heavy atom. The summed E-state index contributed by atoms with van der Waals surface area (Å²) in [5.41, 5.74) is 0.608. The molecule has 1 aromatic heterocycles. The molecule has 1 atom stereocenters. The molecule has 2 aromatic rings. The van der Waals surface area contributed by atoms with Crippen molar-refractivity contribution in [3.8, 4) is 0 Å². The molecular formula is C22H29ClN2OS. The fourth-order valence-corrected chi connectivity index (χ4v) is 4.82. The zero-order chi connectivity index (χ0) is 19.1. The van der Waals surface area contributed by atoms with Crippen LogP contribution in [-0.2, 0) is 0 Å². The summed E-state index contributed by atoms with van der Waals surface area (Å²) < 4.78 is 0. The third-order valence-electron chi connectivity index (χ3n) is 5.30. The van der Waals surface area contributed by atoms with Gasteiger partial charge in [-0.1, -0.05) is 62.4 Å². The Hall–Kier alpha value is -1.36. The number of thiophene rings is 1. The van der Waals surface area contributed by atoms with Gasteiger partial charge in [0.1, 0.15) is 0 Å². The molecule has 0 saturated carbocycles. The highest BCUT2D eigenvalue weighted by Crippen LogP contribution is 2.30. The molecule has 1 unspecified atom stereocenters. The number of hydrogen-bond acceptors (Lipinski definition) is 3. The van der Waals surface area contributed by atoms with Crippen LogP contribution in [0.15, 0.2) is 41.8 Å². The number of benzene rings is 1. The topological polar surface area (TPSA) is 23.6 Å². The third-order valence-corrected chi connectivity index (χ3v) is 6.61. The highest BCUT2D eigenvalue weighted by atomic mass is 35.5. The SMILES string of the molecule is CCCCCCCN1CCN(C(=O)c2ccccc2Cl)CC1c1cccs1. The van der Waals surface area contributed by atoms with Crippen LogP contribution >= 0.6 is 22.9 Å². The van der Waals surface area contributed by atoms with Gasteiger partial charge in [0, 0.05) is 24.5 Å². The molecule has 0 bridgehead atoms. The molecule has 1 aliphatic rings. The Labute approximate surface area is 171 Å². The zero-order valence-electron chi connectivity index (χ0n) is 16.1. The van der Waals surface area contributed by atoms with Crippen LogP contribution in [0, 0.1) is 0 Å². The van der Waals surface area contributed by atoms with Gasteiger partial charge in [-0.15, -0.1) is 11.3 Å². The minimum absolute atomic E-state index is 0.0461. The number of rotatable bonds is 8. The van der Waals surface area contributed by atoms with Crippen molar-refractivity contribution in [2.24, 2.45) is 0 Å². The molecule has 0 radical (unpaired) electrons. The number of hydrogen-bond donors (Lipinski definition) is 0. The van der Waals surface area contributed by atoms with Gasteiger partial charge in [0.25, 0.3) is 5.91 Å². The van der Waals surface area contributed by atoms with Crippen molar-refractivity contribution in [1.82, 2.24) is 9.80 Å². The van der Waals surface area contributed by atoms with Gasteiger partial charge in [-0.25, -0.2) is 0 Å². The summed E-state index contributed by atoms with van der Waals surface area (Å²) in [7, 11) is 0. The lowest BCUT2D eigenvalue weighted by Gasteiger charge is -2.41. The van der Waals surface area contributed by atoms with Gasteiger partial charge in [-0.2, -0.15) is 0 Å².